The van der Waals surface area contributed by atoms with Crippen LogP contribution in [0.5, 0.6) is 0 Å². The third kappa shape index (κ3) is 3.81. The molecule has 0 atom stereocenters. The number of primary amides is 1. The van der Waals surface area contributed by atoms with Crippen LogP contribution in [0.4, 0.5) is 0 Å². The zero-order chi connectivity index (χ0) is 10.0. The molecule has 0 aliphatic heterocycles. The van der Waals surface area contributed by atoms with Crippen molar-refractivity contribution in [2.24, 2.45) is 17.1 Å². The molecule has 1 spiro atoms. The van der Waals surface area contributed by atoms with Crippen LogP contribution in [0.25, 0.3) is 0 Å². The van der Waals surface area contributed by atoms with Crippen molar-refractivity contribution in [1.82, 2.24) is 0 Å². The van der Waals surface area contributed by atoms with Gasteiger partial charge in [0.2, 0.25) is 5.91 Å². The lowest BCUT2D eigenvalue weighted by Crippen LogP contribution is -2.27. The third-order valence-corrected chi connectivity index (χ3v) is 4.32. The standard InChI is InChI=1S/C12H21NO.2ClH/c13-11(14)9-10-3-7-12(8-4-10)5-1-2-6-12;;/h10H,1-9H2,(H2,13,14);2*1H. The molecule has 0 bridgehead atoms. The minimum atomic E-state index is -0.114. The van der Waals surface area contributed by atoms with E-state index in [1.807, 2.05) is 0 Å². The van der Waals surface area contributed by atoms with Gasteiger partial charge in [0, 0.05) is 6.42 Å². The summed E-state index contributed by atoms with van der Waals surface area (Å²) in [5.74, 6) is 0.482. The molecule has 2 N–H and O–H groups in total. The van der Waals surface area contributed by atoms with Crippen LogP contribution in [0.2, 0.25) is 0 Å². The SMILES string of the molecule is Cl.Cl.NC(=O)CC1CCC2(CCCC2)CC1. The molecule has 2 aliphatic rings. The fourth-order valence-electron chi connectivity index (χ4n) is 3.40. The summed E-state index contributed by atoms with van der Waals surface area (Å²) in [6, 6.07) is 0. The lowest BCUT2D eigenvalue weighted by Gasteiger charge is -2.36. The van der Waals surface area contributed by atoms with Crippen molar-refractivity contribution in [1.29, 1.82) is 0 Å². The average Bonchev–Trinajstić information content (AvgIpc) is 2.58. The first-order chi connectivity index (χ1) is 6.70. The Bertz CT molecular complexity index is 217. The minimum absolute atomic E-state index is 0. The van der Waals surface area contributed by atoms with Crippen LogP contribution in [0.3, 0.4) is 0 Å². The van der Waals surface area contributed by atoms with Crippen molar-refractivity contribution in [2.45, 2.75) is 57.8 Å². The molecule has 0 unspecified atom stereocenters. The maximum absolute atomic E-state index is 10.8. The third-order valence-electron chi connectivity index (χ3n) is 4.32. The fourth-order valence-corrected chi connectivity index (χ4v) is 3.40. The van der Waals surface area contributed by atoms with E-state index in [9.17, 15) is 4.79 Å². The van der Waals surface area contributed by atoms with Gasteiger partial charge in [-0.2, -0.15) is 0 Å². The number of halogens is 2. The van der Waals surface area contributed by atoms with E-state index in [4.69, 9.17) is 5.73 Å². The maximum Gasteiger partial charge on any atom is 0.217 e. The van der Waals surface area contributed by atoms with Gasteiger partial charge in [0.25, 0.3) is 0 Å². The Labute approximate surface area is 111 Å². The molecule has 0 radical (unpaired) electrons. The number of hydrogen-bond donors (Lipinski definition) is 1. The number of carbonyl (C=O) groups is 1. The van der Waals surface area contributed by atoms with E-state index in [1.54, 1.807) is 0 Å². The Balaban J connectivity index is 0.00000112. The van der Waals surface area contributed by atoms with Gasteiger partial charge in [-0.25, -0.2) is 0 Å². The minimum Gasteiger partial charge on any atom is -0.370 e. The smallest absolute Gasteiger partial charge is 0.217 e. The molecule has 96 valence electrons. The molecule has 0 aromatic rings. The molecular weight excluding hydrogens is 245 g/mol. The van der Waals surface area contributed by atoms with Gasteiger partial charge in [-0.15, -0.1) is 24.8 Å². The summed E-state index contributed by atoms with van der Waals surface area (Å²) in [5, 5.41) is 0. The van der Waals surface area contributed by atoms with Gasteiger partial charge in [-0.05, 0) is 49.9 Å². The van der Waals surface area contributed by atoms with Crippen LogP contribution in [-0.2, 0) is 4.79 Å². The van der Waals surface area contributed by atoms with Gasteiger partial charge in [-0.3, -0.25) is 4.79 Å². The van der Waals surface area contributed by atoms with E-state index in [0.29, 0.717) is 17.8 Å². The molecule has 2 aliphatic carbocycles. The molecule has 16 heavy (non-hydrogen) atoms. The van der Waals surface area contributed by atoms with E-state index in [2.05, 4.69) is 0 Å². The summed E-state index contributed by atoms with van der Waals surface area (Å²) in [6.45, 7) is 0. The van der Waals surface area contributed by atoms with Crippen molar-refractivity contribution < 1.29 is 4.79 Å². The summed E-state index contributed by atoms with van der Waals surface area (Å²) in [4.78, 5) is 10.8. The molecule has 2 rings (SSSR count). The molecule has 1 amide bonds. The fraction of sp³-hybridized carbons (Fsp3) is 0.917. The molecule has 2 nitrogen and oxygen atoms in total. The number of nitrogens with two attached hydrogens (primary N) is 1. The number of hydrogen-bond acceptors (Lipinski definition) is 1. The first-order valence-corrected chi connectivity index (χ1v) is 5.99. The largest absolute Gasteiger partial charge is 0.370 e. The van der Waals surface area contributed by atoms with Crippen LogP contribution in [0.15, 0.2) is 0 Å². The van der Waals surface area contributed by atoms with Gasteiger partial charge in [0.05, 0.1) is 0 Å². The summed E-state index contributed by atoms with van der Waals surface area (Å²) in [5.41, 5.74) is 5.92. The van der Waals surface area contributed by atoms with Gasteiger partial charge in [0.1, 0.15) is 0 Å². The second kappa shape index (κ2) is 6.70. The van der Waals surface area contributed by atoms with E-state index < -0.39 is 0 Å². The summed E-state index contributed by atoms with van der Waals surface area (Å²) < 4.78 is 0. The zero-order valence-electron chi connectivity index (χ0n) is 9.74. The first-order valence-electron chi connectivity index (χ1n) is 5.99. The zero-order valence-corrected chi connectivity index (χ0v) is 11.4. The van der Waals surface area contributed by atoms with Crippen molar-refractivity contribution in [3.63, 3.8) is 0 Å². The van der Waals surface area contributed by atoms with Crippen molar-refractivity contribution in [3.8, 4) is 0 Å². The highest BCUT2D eigenvalue weighted by Gasteiger charge is 2.37. The Hall–Kier alpha value is 0.0500. The second-order valence-electron chi connectivity index (χ2n) is 5.32. The predicted octanol–water partition coefficient (Wildman–Crippen LogP) is 3.46. The monoisotopic (exact) mass is 267 g/mol. The molecule has 0 aromatic carbocycles. The molecular formula is C12H23Cl2NO. The normalized spacial score (nSPS) is 23.5. The number of amides is 1. The molecule has 0 heterocycles. The van der Waals surface area contributed by atoms with Gasteiger partial charge in [0.15, 0.2) is 0 Å². The molecule has 2 fully saturated rings. The quantitative estimate of drug-likeness (QED) is 0.818. The van der Waals surface area contributed by atoms with E-state index >= 15 is 0 Å². The lowest BCUT2D eigenvalue weighted by molar-refractivity contribution is -0.119. The van der Waals surface area contributed by atoms with Crippen molar-refractivity contribution in [2.75, 3.05) is 0 Å². The summed E-state index contributed by atoms with van der Waals surface area (Å²) in [7, 11) is 0. The number of carbonyl (C=O) groups excluding carboxylic acids is 1. The summed E-state index contributed by atoms with van der Waals surface area (Å²) in [6.07, 6.45) is 11.5. The Morgan fingerprint density at radius 3 is 2.00 bits per heavy atom. The number of rotatable bonds is 2. The molecule has 2 saturated carbocycles. The van der Waals surface area contributed by atoms with Gasteiger partial charge < -0.3 is 5.73 Å². The topological polar surface area (TPSA) is 43.1 Å². The first kappa shape index (κ1) is 16.1. The highest BCUT2D eigenvalue weighted by Crippen LogP contribution is 2.50. The highest BCUT2D eigenvalue weighted by atomic mass is 35.5. The average molecular weight is 268 g/mol. The van der Waals surface area contributed by atoms with Gasteiger partial charge in [-0.1, -0.05) is 12.8 Å². The Kier molecular flexibility index (Phi) is 6.73. The molecule has 0 saturated heterocycles. The second-order valence-corrected chi connectivity index (χ2v) is 5.32. The highest BCUT2D eigenvalue weighted by molar-refractivity contribution is 5.85. The van der Waals surface area contributed by atoms with Crippen LogP contribution in [0, 0.1) is 11.3 Å². The van der Waals surface area contributed by atoms with Crippen LogP contribution >= 0.6 is 24.8 Å². The Morgan fingerprint density at radius 1 is 1.06 bits per heavy atom. The van der Waals surface area contributed by atoms with E-state index in [0.717, 1.165) is 0 Å². The van der Waals surface area contributed by atoms with Crippen LogP contribution in [-0.4, -0.2) is 5.91 Å². The van der Waals surface area contributed by atoms with Crippen molar-refractivity contribution >= 4 is 30.7 Å². The molecule has 0 aromatic heterocycles. The maximum atomic E-state index is 10.8. The van der Waals surface area contributed by atoms with Crippen molar-refractivity contribution in [3.05, 3.63) is 0 Å². The molecule has 4 heteroatoms. The predicted molar refractivity (Wildman–Crippen MR) is 71.2 cm³/mol. The van der Waals surface area contributed by atoms with E-state index in [-0.39, 0.29) is 30.7 Å². The Morgan fingerprint density at radius 2 is 1.56 bits per heavy atom. The lowest BCUT2D eigenvalue weighted by atomic mass is 9.69. The van der Waals surface area contributed by atoms with E-state index in [1.165, 1.54) is 51.4 Å². The van der Waals surface area contributed by atoms with Crippen LogP contribution < -0.4 is 5.73 Å². The van der Waals surface area contributed by atoms with Gasteiger partial charge >= 0.3 is 0 Å². The van der Waals surface area contributed by atoms with Crippen LogP contribution in [0.1, 0.15) is 57.8 Å². The summed E-state index contributed by atoms with van der Waals surface area (Å²) >= 11 is 0.